The summed E-state index contributed by atoms with van der Waals surface area (Å²) in [5.74, 6) is 0.895. The van der Waals surface area contributed by atoms with E-state index in [9.17, 15) is 9.59 Å². The Morgan fingerprint density at radius 1 is 1.16 bits per heavy atom. The van der Waals surface area contributed by atoms with Crippen molar-refractivity contribution in [1.82, 2.24) is 0 Å². The van der Waals surface area contributed by atoms with Crippen LogP contribution in [0, 0.1) is 11.8 Å². The smallest absolute Gasteiger partial charge is 0.306 e. The lowest BCUT2D eigenvalue weighted by molar-refractivity contribution is -0.144. The second-order valence-electron chi connectivity index (χ2n) is 7.27. The molecular weight excluding hydrogens is 314 g/mol. The summed E-state index contributed by atoms with van der Waals surface area (Å²) < 4.78 is 5.14. The van der Waals surface area contributed by atoms with Crippen LogP contribution in [0.2, 0.25) is 0 Å². The van der Waals surface area contributed by atoms with Gasteiger partial charge in [0.05, 0.1) is 13.0 Å². The summed E-state index contributed by atoms with van der Waals surface area (Å²) in [6, 6.07) is 7.74. The number of benzene rings is 1. The zero-order valence-corrected chi connectivity index (χ0v) is 15.5. The van der Waals surface area contributed by atoms with Crippen molar-refractivity contribution in [2.24, 2.45) is 17.6 Å². The highest BCUT2D eigenvalue weighted by molar-refractivity contribution is 5.97. The van der Waals surface area contributed by atoms with E-state index >= 15 is 0 Å². The fourth-order valence-corrected chi connectivity index (χ4v) is 3.51. The topological polar surface area (TPSA) is 69.4 Å². The highest BCUT2D eigenvalue weighted by Crippen LogP contribution is 2.31. The van der Waals surface area contributed by atoms with E-state index in [2.05, 4.69) is 0 Å². The Morgan fingerprint density at radius 3 is 2.36 bits per heavy atom. The molecule has 1 aromatic rings. The molecule has 2 rings (SSSR count). The lowest BCUT2D eigenvalue weighted by Crippen LogP contribution is -2.25. The van der Waals surface area contributed by atoms with Crippen LogP contribution in [-0.2, 0) is 9.53 Å². The Hall–Kier alpha value is -1.68. The Morgan fingerprint density at radius 2 is 1.80 bits per heavy atom. The molecule has 1 aliphatic rings. The van der Waals surface area contributed by atoms with Crippen LogP contribution in [0.4, 0.5) is 0 Å². The number of ether oxygens (including phenoxy) is 1. The second-order valence-corrected chi connectivity index (χ2v) is 7.27. The molecule has 4 nitrogen and oxygen atoms in total. The molecule has 1 atom stereocenters. The predicted octanol–water partition coefficient (Wildman–Crippen LogP) is 4.08. The molecule has 25 heavy (non-hydrogen) atoms. The second kappa shape index (κ2) is 9.71. The van der Waals surface area contributed by atoms with Crippen LogP contribution in [0.1, 0.15) is 74.2 Å². The normalized spacial score (nSPS) is 21.6. The molecule has 1 unspecified atom stereocenters. The maximum Gasteiger partial charge on any atom is 0.306 e. The lowest BCUT2D eigenvalue weighted by Gasteiger charge is -2.26. The van der Waals surface area contributed by atoms with E-state index in [0.717, 1.165) is 49.8 Å². The third-order valence-electron chi connectivity index (χ3n) is 5.26. The third-order valence-corrected chi connectivity index (χ3v) is 5.26. The average Bonchev–Trinajstić information content (AvgIpc) is 2.66. The van der Waals surface area contributed by atoms with Crippen molar-refractivity contribution in [3.63, 3.8) is 0 Å². The summed E-state index contributed by atoms with van der Waals surface area (Å²) in [5, 5.41) is 0. The van der Waals surface area contributed by atoms with Gasteiger partial charge in [0.1, 0.15) is 0 Å². The molecule has 0 amide bonds. The number of rotatable bonds is 8. The van der Waals surface area contributed by atoms with Crippen LogP contribution in [0.15, 0.2) is 24.3 Å². The maximum absolute atomic E-state index is 12.7. The van der Waals surface area contributed by atoms with E-state index in [-0.39, 0.29) is 23.6 Å². The molecule has 0 aromatic heterocycles. The van der Waals surface area contributed by atoms with E-state index in [1.165, 1.54) is 0 Å². The highest BCUT2D eigenvalue weighted by Gasteiger charge is 2.26. The Balaban J connectivity index is 1.90. The first-order chi connectivity index (χ1) is 12.0. The van der Waals surface area contributed by atoms with Crippen LogP contribution >= 0.6 is 0 Å². The quantitative estimate of drug-likeness (QED) is 0.569. The fourth-order valence-electron chi connectivity index (χ4n) is 3.51. The minimum atomic E-state index is -0.161. The van der Waals surface area contributed by atoms with Gasteiger partial charge in [0.25, 0.3) is 0 Å². The molecule has 0 aliphatic heterocycles. The summed E-state index contributed by atoms with van der Waals surface area (Å²) >= 11 is 0. The molecule has 138 valence electrons. The number of ketones is 1. The molecule has 1 fully saturated rings. The third kappa shape index (κ3) is 5.67. The lowest BCUT2D eigenvalue weighted by atomic mass is 9.78. The van der Waals surface area contributed by atoms with Gasteiger partial charge in [0.2, 0.25) is 0 Å². The van der Waals surface area contributed by atoms with Crippen molar-refractivity contribution < 1.29 is 14.3 Å². The number of hydrogen-bond acceptors (Lipinski definition) is 4. The average molecular weight is 345 g/mol. The first kappa shape index (κ1) is 19.6. The number of Topliss-reactive ketones (excluding diaryl/α,β-unsaturated/α-hetero) is 1. The molecule has 1 aliphatic carbocycles. The van der Waals surface area contributed by atoms with Crippen LogP contribution < -0.4 is 5.73 Å². The number of carbonyl (C=O) groups excluding carboxylic acids is 2. The first-order valence-corrected chi connectivity index (χ1v) is 9.55. The van der Waals surface area contributed by atoms with E-state index in [1.807, 2.05) is 38.1 Å². The summed E-state index contributed by atoms with van der Waals surface area (Å²) in [7, 11) is 0. The van der Waals surface area contributed by atoms with E-state index < -0.39 is 0 Å². The van der Waals surface area contributed by atoms with Gasteiger partial charge in [-0.05, 0) is 56.0 Å². The summed E-state index contributed by atoms with van der Waals surface area (Å²) in [6.07, 6.45) is 5.22. The molecule has 2 N–H and O–H groups in total. The van der Waals surface area contributed by atoms with E-state index in [1.54, 1.807) is 0 Å². The van der Waals surface area contributed by atoms with Crippen LogP contribution in [0.3, 0.4) is 0 Å². The molecule has 0 radical (unpaired) electrons. The molecule has 1 aromatic carbocycles. The number of carbonyl (C=O) groups is 2. The van der Waals surface area contributed by atoms with Crippen molar-refractivity contribution in [3.8, 4) is 0 Å². The molecule has 1 saturated carbocycles. The largest absolute Gasteiger partial charge is 0.466 e. The Kier molecular flexibility index (Phi) is 7.63. The molecule has 0 bridgehead atoms. The van der Waals surface area contributed by atoms with Gasteiger partial charge in [-0.1, -0.05) is 38.1 Å². The first-order valence-electron chi connectivity index (χ1n) is 9.55. The van der Waals surface area contributed by atoms with Gasteiger partial charge in [0, 0.05) is 11.5 Å². The van der Waals surface area contributed by atoms with Gasteiger partial charge in [-0.2, -0.15) is 0 Å². The molecule has 4 heteroatoms. The van der Waals surface area contributed by atoms with E-state index in [0.29, 0.717) is 18.9 Å². The molecule has 0 saturated heterocycles. The van der Waals surface area contributed by atoms with E-state index in [4.69, 9.17) is 10.5 Å². The van der Waals surface area contributed by atoms with Crippen LogP contribution in [0.25, 0.3) is 0 Å². The van der Waals surface area contributed by atoms with Crippen molar-refractivity contribution in [1.29, 1.82) is 0 Å². The van der Waals surface area contributed by atoms with Crippen LogP contribution in [0.5, 0.6) is 0 Å². The zero-order chi connectivity index (χ0) is 18.2. The van der Waals surface area contributed by atoms with Gasteiger partial charge in [0.15, 0.2) is 5.78 Å². The van der Waals surface area contributed by atoms with Gasteiger partial charge in [-0.15, -0.1) is 0 Å². The molecule has 0 spiro atoms. The zero-order valence-electron chi connectivity index (χ0n) is 15.5. The van der Waals surface area contributed by atoms with Gasteiger partial charge in [-0.3, -0.25) is 9.59 Å². The van der Waals surface area contributed by atoms with Gasteiger partial charge < -0.3 is 10.5 Å². The fraction of sp³-hybridized carbons (Fsp3) is 0.619. The maximum atomic E-state index is 12.7. The van der Waals surface area contributed by atoms with Gasteiger partial charge >= 0.3 is 5.97 Å². The Labute approximate surface area is 151 Å². The van der Waals surface area contributed by atoms with Crippen molar-refractivity contribution >= 4 is 11.8 Å². The minimum Gasteiger partial charge on any atom is -0.466 e. The number of hydrogen-bond donors (Lipinski definition) is 1. The molecule has 0 heterocycles. The number of esters is 1. The van der Waals surface area contributed by atoms with Gasteiger partial charge in [-0.25, -0.2) is 0 Å². The van der Waals surface area contributed by atoms with Crippen molar-refractivity contribution in [2.75, 3.05) is 13.2 Å². The van der Waals surface area contributed by atoms with Crippen molar-refractivity contribution in [2.45, 2.75) is 58.3 Å². The SMILES string of the molecule is CCCOC(=O)CC(C)c1ccc(C(=O)C2CCC(CN)CC2)cc1. The summed E-state index contributed by atoms with van der Waals surface area (Å²) in [4.78, 5) is 24.4. The summed E-state index contributed by atoms with van der Waals surface area (Å²) in [6.45, 7) is 5.20. The van der Waals surface area contributed by atoms with Crippen LogP contribution in [-0.4, -0.2) is 24.9 Å². The minimum absolute atomic E-state index is 0.0912. The Bertz CT molecular complexity index is 559. The standard InChI is InChI=1S/C21H31NO3/c1-3-12-25-20(23)13-15(2)17-8-10-19(11-9-17)21(24)18-6-4-16(14-22)5-7-18/h8-11,15-16,18H,3-7,12-14,22H2,1-2H3. The van der Waals surface area contributed by atoms with Crippen molar-refractivity contribution in [3.05, 3.63) is 35.4 Å². The predicted molar refractivity (Wildman–Crippen MR) is 99.6 cm³/mol. The highest BCUT2D eigenvalue weighted by atomic mass is 16.5. The molecular formula is C21H31NO3. The monoisotopic (exact) mass is 345 g/mol. The number of nitrogens with two attached hydrogens (primary N) is 1. The summed E-state index contributed by atoms with van der Waals surface area (Å²) in [5.41, 5.74) is 7.57.